The van der Waals surface area contributed by atoms with E-state index in [1.54, 1.807) is 17.5 Å². The van der Waals surface area contributed by atoms with Gasteiger partial charge in [0.05, 0.1) is 6.07 Å². The maximum absolute atomic E-state index is 12.4. The summed E-state index contributed by atoms with van der Waals surface area (Å²) in [6, 6.07) is 9.28. The maximum Gasteiger partial charge on any atom is 0.208 e. The second-order valence-corrected chi connectivity index (χ2v) is 7.70. The molecule has 1 aromatic carbocycles. The molecule has 0 aliphatic heterocycles. The normalized spacial score (nSPS) is 12.9. The van der Waals surface area contributed by atoms with Gasteiger partial charge in [-0.15, -0.1) is 11.3 Å². The van der Waals surface area contributed by atoms with Crippen LogP contribution in [0.2, 0.25) is 10.0 Å². The molecule has 98 valence electrons. The Kier molecular flexibility index (Phi) is 4.16. The zero-order valence-electron chi connectivity index (χ0n) is 9.38. The monoisotopic (exact) mass is 331 g/mol. The number of nitrogens with zero attached hydrogens (tertiary/aromatic N) is 1. The summed E-state index contributed by atoms with van der Waals surface area (Å²) in [6.45, 7) is 0. The summed E-state index contributed by atoms with van der Waals surface area (Å²) in [5, 5.41) is 10.1. The summed E-state index contributed by atoms with van der Waals surface area (Å²) in [4.78, 5) is 0. The molecule has 0 N–H and O–H groups in total. The van der Waals surface area contributed by atoms with Crippen LogP contribution in [0.1, 0.15) is 10.8 Å². The first-order valence-corrected chi connectivity index (χ1v) is 8.27. The van der Waals surface area contributed by atoms with Crippen molar-refractivity contribution in [2.45, 2.75) is 9.46 Å². The van der Waals surface area contributed by atoms with E-state index in [9.17, 15) is 13.7 Å². The number of halogens is 2. The zero-order chi connectivity index (χ0) is 14.0. The molecule has 0 saturated heterocycles. The van der Waals surface area contributed by atoms with Gasteiger partial charge in [-0.1, -0.05) is 35.3 Å². The molecule has 3 nitrogen and oxygen atoms in total. The summed E-state index contributed by atoms with van der Waals surface area (Å²) >= 11 is 12.8. The van der Waals surface area contributed by atoms with Crippen LogP contribution in [0.5, 0.6) is 0 Å². The lowest BCUT2D eigenvalue weighted by Gasteiger charge is -2.11. The summed E-state index contributed by atoms with van der Waals surface area (Å²) < 4.78 is 24.9. The number of sulfone groups is 1. The van der Waals surface area contributed by atoms with Gasteiger partial charge in [-0.05, 0) is 23.6 Å². The van der Waals surface area contributed by atoms with Crippen LogP contribution in [0.25, 0.3) is 0 Å². The average Bonchev–Trinajstić information content (AvgIpc) is 2.87. The van der Waals surface area contributed by atoms with Crippen molar-refractivity contribution in [3.05, 3.63) is 51.3 Å². The fourth-order valence-electron chi connectivity index (χ4n) is 1.56. The van der Waals surface area contributed by atoms with Crippen LogP contribution >= 0.6 is 34.5 Å². The molecule has 1 atom stereocenters. The van der Waals surface area contributed by atoms with E-state index in [0.29, 0.717) is 5.02 Å². The lowest BCUT2D eigenvalue weighted by Crippen LogP contribution is -2.11. The van der Waals surface area contributed by atoms with Crippen molar-refractivity contribution in [3.8, 4) is 6.07 Å². The van der Waals surface area contributed by atoms with Crippen molar-refractivity contribution in [1.29, 1.82) is 5.26 Å². The first-order valence-electron chi connectivity index (χ1n) is 5.09. The van der Waals surface area contributed by atoms with Crippen molar-refractivity contribution in [1.82, 2.24) is 0 Å². The van der Waals surface area contributed by atoms with Crippen molar-refractivity contribution in [3.63, 3.8) is 0 Å². The fourth-order valence-corrected chi connectivity index (χ4v) is 4.76. The van der Waals surface area contributed by atoms with E-state index in [1.165, 1.54) is 24.3 Å². The van der Waals surface area contributed by atoms with Crippen LogP contribution in [-0.4, -0.2) is 8.42 Å². The number of rotatable bonds is 3. The van der Waals surface area contributed by atoms with Gasteiger partial charge in [0, 0.05) is 15.6 Å². The van der Waals surface area contributed by atoms with Gasteiger partial charge >= 0.3 is 0 Å². The molecule has 0 bridgehead atoms. The SMILES string of the molecule is N#CC(c1ccc(Cl)cc1Cl)S(=O)(=O)c1cccs1. The second-order valence-electron chi connectivity index (χ2n) is 3.65. The van der Waals surface area contributed by atoms with Gasteiger partial charge in [-0.2, -0.15) is 5.26 Å². The first kappa shape index (κ1) is 14.4. The summed E-state index contributed by atoms with van der Waals surface area (Å²) in [7, 11) is -3.77. The van der Waals surface area contributed by atoms with E-state index in [4.69, 9.17) is 23.2 Å². The highest BCUT2D eigenvalue weighted by Gasteiger charge is 2.31. The predicted octanol–water partition coefficient (Wildman–Crippen LogP) is 4.09. The third-order valence-corrected chi connectivity index (χ3v) is 6.33. The van der Waals surface area contributed by atoms with Gasteiger partial charge < -0.3 is 0 Å². The van der Waals surface area contributed by atoms with Crippen molar-refractivity contribution < 1.29 is 8.42 Å². The van der Waals surface area contributed by atoms with E-state index in [2.05, 4.69) is 0 Å². The van der Waals surface area contributed by atoms with E-state index in [0.717, 1.165) is 11.3 Å². The summed E-state index contributed by atoms with van der Waals surface area (Å²) in [5.41, 5.74) is 0.238. The predicted molar refractivity (Wildman–Crippen MR) is 76.3 cm³/mol. The van der Waals surface area contributed by atoms with Crippen LogP contribution in [-0.2, 0) is 9.84 Å². The van der Waals surface area contributed by atoms with Crippen molar-refractivity contribution >= 4 is 44.4 Å². The molecule has 2 aromatic rings. The number of nitriles is 1. The quantitative estimate of drug-likeness (QED) is 0.850. The number of hydrogen-bond acceptors (Lipinski definition) is 4. The van der Waals surface area contributed by atoms with Crippen LogP contribution in [0, 0.1) is 11.3 Å². The average molecular weight is 332 g/mol. The van der Waals surface area contributed by atoms with Crippen molar-refractivity contribution in [2.24, 2.45) is 0 Å². The Morgan fingerprint density at radius 1 is 1.26 bits per heavy atom. The topological polar surface area (TPSA) is 57.9 Å². The minimum atomic E-state index is -3.77. The summed E-state index contributed by atoms with van der Waals surface area (Å²) in [5.74, 6) is 0. The number of hydrogen-bond donors (Lipinski definition) is 0. The molecule has 0 spiro atoms. The van der Waals surface area contributed by atoms with Gasteiger partial charge in [0.2, 0.25) is 9.84 Å². The van der Waals surface area contributed by atoms with Gasteiger partial charge in [0.15, 0.2) is 5.25 Å². The third-order valence-electron chi connectivity index (χ3n) is 2.45. The van der Waals surface area contributed by atoms with E-state index in [1.807, 2.05) is 0 Å². The Bertz CT molecular complexity index is 734. The molecule has 1 unspecified atom stereocenters. The molecule has 0 amide bonds. The Labute approximate surface area is 124 Å². The van der Waals surface area contributed by atoms with Crippen LogP contribution < -0.4 is 0 Å². The third kappa shape index (κ3) is 2.77. The smallest absolute Gasteiger partial charge is 0.208 e. The Morgan fingerprint density at radius 3 is 2.53 bits per heavy atom. The molecule has 7 heteroatoms. The van der Waals surface area contributed by atoms with Crippen LogP contribution in [0.3, 0.4) is 0 Å². The van der Waals surface area contributed by atoms with E-state index >= 15 is 0 Å². The van der Waals surface area contributed by atoms with Gasteiger partial charge in [-0.3, -0.25) is 0 Å². The molecular formula is C12H7Cl2NO2S2. The van der Waals surface area contributed by atoms with Gasteiger partial charge in [0.1, 0.15) is 4.21 Å². The summed E-state index contributed by atoms with van der Waals surface area (Å²) in [6.07, 6.45) is 0. The lowest BCUT2D eigenvalue weighted by molar-refractivity contribution is 0.593. The molecule has 0 saturated carbocycles. The van der Waals surface area contributed by atoms with Gasteiger partial charge in [0.25, 0.3) is 0 Å². The molecule has 1 aromatic heterocycles. The Morgan fingerprint density at radius 2 is 2.00 bits per heavy atom. The molecule has 0 fully saturated rings. The first-order chi connectivity index (χ1) is 8.96. The van der Waals surface area contributed by atoms with Crippen LogP contribution in [0.15, 0.2) is 39.9 Å². The van der Waals surface area contributed by atoms with E-state index < -0.39 is 15.1 Å². The van der Waals surface area contributed by atoms with E-state index in [-0.39, 0.29) is 14.8 Å². The Hall–Kier alpha value is -1.06. The highest BCUT2D eigenvalue weighted by molar-refractivity contribution is 7.93. The molecule has 0 aliphatic rings. The fraction of sp³-hybridized carbons (Fsp3) is 0.0833. The molecule has 2 rings (SSSR count). The second kappa shape index (κ2) is 5.51. The number of benzene rings is 1. The maximum atomic E-state index is 12.4. The Balaban J connectivity index is 2.56. The molecule has 0 aliphatic carbocycles. The minimum absolute atomic E-state index is 0.144. The van der Waals surface area contributed by atoms with Crippen LogP contribution in [0.4, 0.5) is 0 Å². The minimum Gasteiger partial charge on any atom is -0.221 e. The zero-order valence-corrected chi connectivity index (χ0v) is 12.5. The highest BCUT2D eigenvalue weighted by atomic mass is 35.5. The molecular weight excluding hydrogens is 325 g/mol. The highest BCUT2D eigenvalue weighted by Crippen LogP contribution is 2.35. The molecule has 1 heterocycles. The van der Waals surface area contributed by atoms with Crippen molar-refractivity contribution in [2.75, 3.05) is 0 Å². The largest absolute Gasteiger partial charge is 0.221 e. The standard InChI is InChI=1S/C12H7Cl2NO2S2/c13-8-3-4-9(10(14)6-8)11(7-15)19(16,17)12-2-1-5-18-12/h1-6,11H. The van der Waals surface area contributed by atoms with Gasteiger partial charge in [-0.25, -0.2) is 8.42 Å². The lowest BCUT2D eigenvalue weighted by atomic mass is 10.1. The molecule has 0 radical (unpaired) electrons. The number of thiophene rings is 1. The molecule has 19 heavy (non-hydrogen) atoms.